The minimum absolute atomic E-state index is 0.0359. The molecule has 180 valence electrons. The summed E-state index contributed by atoms with van der Waals surface area (Å²) < 4.78 is 74.0. The zero-order chi connectivity index (χ0) is 25.3. The van der Waals surface area contributed by atoms with Gasteiger partial charge in [-0.15, -0.1) is 13.2 Å². The van der Waals surface area contributed by atoms with Gasteiger partial charge >= 0.3 is 6.36 Å². The molecule has 0 aliphatic heterocycles. The fourth-order valence-electron chi connectivity index (χ4n) is 2.56. The number of benzene rings is 3. The molecule has 0 bridgehead atoms. The Kier molecular flexibility index (Phi) is 7.36. The van der Waals surface area contributed by atoms with Gasteiger partial charge in [0.15, 0.2) is 5.75 Å². The van der Waals surface area contributed by atoms with Crippen molar-refractivity contribution >= 4 is 56.2 Å². The van der Waals surface area contributed by atoms with Crippen LogP contribution in [0.4, 0.5) is 24.5 Å². The van der Waals surface area contributed by atoms with Crippen LogP contribution in [0.2, 0.25) is 15.1 Å². The van der Waals surface area contributed by atoms with Crippen molar-refractivity contribution < 1.29 is 36.0 Å². The Labute approximate surface area is 205 Å². The maximum Gasteiger partial charge on any atom is 0.573 e. The second-order valence-corrected chi connectivity index (χ2v) is 9.28. The number of sulfonamides is 1. The average molecular weight is 558 g/mol. The zero-order valence-corrected chi connectivity index (χ0v) is 19.4. The zero-order valence-electron chi connectivity index (χ0n) is 16.3. The summed E-state index contributed by atoms with van der Waals surface area (Å²) in [5, 5.41) is 10.2. The molecule has 3 rings (SSSR count). The van der Waals surface area contributed by atoms with Crippen molar-refractivity contribution in [2.75, 3.05) is 4.72 Å². The van der Waals surface area contributed by atoms with Gasteiger partial charge in [0.2, 0.25) is 0 Å². The highest BCUT2D eigenvalue weighted by atomic mass is 35.5. The van der Waals surface area contributed by atoms with Gasteiger partial charge in [-0.05, 0) is 30.3 Å². The van der Waals surface area contributed by atoms with E-state index in [-0.39, 0.29) is 37.9 Å². The predicted octanol–water partition coefficient (Wildman–Crippen LogP) is 7.05. The second-order valence-electron chi connectivity index (χ2n) is 6.37. The van der Waals surface area contributed by atoms with Crippen molar-refractivity contribution in [2.45, 2.75) is 11.3 Å². The van der Waals surface area contributed by atoms with Crippen LogP contribution in [0, 0.1) is 10.1 Å². The van der Waals surface area contributed by atoms with Gasteiger partial charge in [0.05, 0.1) is 30.6 Å². The quantitative estimate of drug-likeness (QED) is 0.246. The second kappa shape index (κ2) is 9.74. The number of hydrogen-bond donors (Lipinski definition) is 1. The van der Waals surface area contributed by atoms with Crippen molar-refractivity contribution in [3.8, 4) is 17.2 Å². The van der Waals surface area contributed by atoms with Crippen LogP contribution in [0.15, 0.2) is 59.5 Å². The third-order valence-corrected chi connectivity index (χ3v) is 6.16. The van der Waals surface area contributed by atoms with Gasteiger partial charge in [0, 0.05) is 18.2 Å². The van der Waals surface area contributed by atoms with Gasteiger partial charge in [0.1, 0.15) is 11.5 Å². The Balaban J connectivity index is 1.86. The van der Waals surface area contributed by atoms with E-state index < -0.39 is 32.0 Å². The summed E-state index contributed by atoms with van der Waals surface area (Å²) in [6, 6.07) is 9.54. The maximum absolute atomic E-state index is 12.7. The number of nitro benzene ring substituents is 1. The highest BCUT2D eigenvalue weighted by Crippen LogP contribution is 2.41. The molecule has 0 aliphatic rings. The Bertz CT molecular complexity index is 1350. The van der Waals surface area contributed by atoms with Gasteiger partial charge < -0.3 is 9.47 Å². The van der Waals surface area contributed by atoms with Gasteiger partial charge in [-0.1, -0.05) is 40.9 Å². The maximum atomic E-state index is 12.7. The Morgan fingerprint density at radius 2 is 1.59 bits per heavy atom. The first-order chi connectivity index (χ1) is 15.7. The molecule has 34 heavy (non-hydrogen) atoms. The van der Waals surface area contributed by atoms with Crippen LogP contribution in [0.5, 0.6) is 17.2 Å². The topological polar surface area (TPSA) is 108 Å². The number of alkyl halides is 3. The molecule has 0 radical (unpaired) electrons. The molecule has 1 N–H and O–H groups in total. The van der Waals surface area contributed by atoms with Gasteiger partial charge in [-0.25, -0.2) is 8.42 Å². The van der Waals surface area contributed by atoms with E-state index in [9.17, 15) is 31.7 Å². The molecule has 8 nitrogen and oxygen atoms in total. The summed E-state index contributed by atoms with van der Waals surface area (Å²) in [6.45, 7) is 0. The smallest absolute Gasteiger partial charge is 0.453 e. The van der Waals surface area contributed by atoms with Crippen LogP contribution >= 0.6 is 34.8 Å². The Hall–Kier alpha value is -2.93. The lowest BCUT2D eigenvalue weighted by molar-refractivity contribution is -0.384. The minimum Gasteiger partial charge on any atom is -0.453 e. The summed E-state index contributed by atoms with van der Waals surface area (Å²) in [5.41, 5.74) is -0.501. The van der Waals surface area contributed by atoms with E-state index in [1.165, 1.54) is 12.1 Å². The Morgan fingerprint density at radius 1 is 0.941 bits per heavy atom. The van der Waals surface area contributed by atoms with E-state index in [0.717, 1.165) is 42.5 Å². The number of nitrogens with zero attached hydrogens (tertiary/aromatic N) is 1. The fourth-order valence-corrected chi connectivity index (χ4v) is 4.56. The van der Waals surface area contributed by atoms with Gasteiger partial charge in [-0.2, -0.15) is 0 Å². The number of anilines is 1. The van der Waals surface area contributed by atoms with Crippen molar-refractivity contribution in [1.82, 2.24) is 0 Å². The monoisotopic (exact) mass is 556 g/mol. The molecule has 0 spiro atoms. The van der Waals surface area contributed by atoms with Crippen molar-refractivity contribution in [2.24, 2.45) is 0 Å². The largest absolute Gasteiger partial charge is 0.573 e. The molecular weight excluding hydrogens is 548 g/mol. The molecule has 0 amide bonds. The highest BCUT2D eigenvalue weighted by molar-refractivity contribution is 7.92. The number of nitro groups is 1. The molecule has 3 aromatic rings. The molecule has 0 atom stereocenters. The predicted molar refractivity (Wildman–Crippen MR) is 119 cm³/mol. The summed E-state index contributed by atoms with van der Waals surface area (Å²) in [4.78, 5) is 9.73. The van der Waals surface area contributed by atoms with Crippen LogP contribution in [-0.4, -0.2) is 19.7 Å². The number of non-ortho nitro benzene ring substituents is 1. The fraction of sp³-hybridized carbons (Fsp3) is 0.0526. The molecule has 0 saturated heterocycles. The summed E-state index contributed by atoms with van der Waals surface area (Å²) in [7, 11) is -4.34. The lowest BCUT2D eigenvalue weighted by Gasteiger charge is -2.14. The van der Waals surface area contributed by atoms with E-state index in [0.29, 0.717) is 0 Å². The van der Waals surface area contributed by atoms with Crippen LogP contribution in [0.25, 0.3) is 0 Å². The number of nitrogens with one attached hydrogen (secondary N) is 1. The van der Waals surface area contributed by atoms with E-state index in [1.807, 2.05) is 0 Å². The minimum atomic E-state index is -4.96. The first-order valence-corrected chi connectivity index (χ1v) is 11.4. The molecule has 0 heterocycles. The lowest BCUT2D eigenvalue weighted by Crippen LogP contribution is -2.17. The Morgan fingerprint density at radius 3 is 2.15 bits per heavy atom. The van der Waals surface area contributed by atoms with Crippen molar-refractivity contribution in [1.29, 1.82) is 0 Å². The molecule has 0 unspecified atom stereocenters. The molecule has 3 aromatic carbocycles. The average Bonchev–Trinajstić information content (AvgIpc) is 2.70. The molecular formula is C19H10Cl3F3N2O6S. The summed E-state index contributed by atoms with van der Waals surface area (Å²) in [5.74, 6) is -0.850. The number of hydrogen-bond acceptors (Lipinski definition) is 6. The normalized spacial score (nSPS) is 11.7. The van der Waals surface area contributed by atoms with Crippen molar-refractivity contribution in [3.63, 3.8) is 0 Å². The standard InChI is InChI=1S/C19H10Cl3F3N2O6S/c20-14-7-11(27(28)29)4-5-17(14)32-18-15(21)8-13(9-16(18)22)34(30,31)26-10-2-1-3-12(6-10)33-19(23,24)25/h1-9,26H. The first kappa shape index (κ1) is 25.7. The highest BCUT2D eigenvalue weighted by Gasteiger charge is 2.31. The van der Waals surface area contributed by atoms with E-state index in [2.05, 4.69) is 9.46 Å². The molecule has 0 fully saturated rings. The van der Waals surface area contributed by atoms with Gasteiger partial charge in [-0.3, -0.25) is 14.8 Å². The third-order valence-electron chi connectivity index (χ3n) is 3.94. The van der Waals surface area contributed by atoms with Crippen LogP contribution in [0.1, 0.15) is 0 Å². The molecule has 0 saturated carbocycles. The van der Waals surface area contributed by atoms with Gasteiger partial charge in [0.25, 0.3) is 15.7 Å². The van der Waals surface area contributed by atoms with Crippen molar-refractivity contribution in [3.05, 3.63) is 79.8 Å². The molecule has 15 heteroatoms. The third kappa shape index (κ3) is 6.35. The van der Waals surface area contributed by atoms with Crippen LogP contribution in [-0.2, 0) is 10.0 Å². The molecule has 0 aromatic heterocycles. The lowest BCUT2D eigenvalue weighted by atomic mass is 10.3. The first-order valence-electron chi connectivity index (χ1n) is 8.74. The summed E-state index contributed by atoms with van der Waals surface area (Å²) in [6.07, 6.45) is -4.96. The molecule has 0 aliphatic carbocycles. The number of rotatable bonds is 7. The van der Waals surface area contributed by atoms with E-state index in [1.54, 1.807) is 0 Å². The van der Waals surface area contributed by atoms with Crippen LogP contribution < -0.4 is 14.2 Å². The van der Waals surface area contributed by atoms with Crippen LogP contribution in [0.3, 0.4) is 0 Å². The SMILES string of the molecule is O=[N+]([O-])c1ccc(Oc2c(Cl)cc(S(=O)(=O)Nc3cccc(OC(F)(F)F)c3)cc2Cl)c(Cl)c1. The number of halogens is 6. The summed E-state index contributed by atoms with van der Waals surface area (Å²) >= 11 is 18.2. The number of ether oxygens (including phenoxy) is 2. The van der Waals surface area contributed by atoms with E-state index in [4.69, 9.17) is 39.5 Å². The van der Waals surface area contributed by atoms with E-state index >= 15 is 0 Å².